The van der Waals surface area contributed by atoms with Crippen molar-refractivity contribution in [3.05, 3.63) is 41.0 Å². The molecule has 1 aromatic carbocycles. The molecule has 0 unspecified atom stereocenters. The summed E-state index contributed by atoms with van der Waals surface area (Å²) in [5.74, 6) is 0.641. The SMILES string of the molecule is CCCCCC1CCC(C2CCC(c3cc(F)c(/C=C/C(F)(F)F)c(F)c3)CC2)CC1. The van der Waals surface area contributed by atoms with E-state index in [4.69, 9.17) is 0 Å². The first-order valence-corrected chi connectivity index (χ1v) is 12.0. The largest absolute Gasteiger partial charge is 0.409 e. The maximum atomic E-state index is 14.3. The van der Waals surface area contributed by atoms with Crippen molar-refractivity contribution in [2.75, 3.05) is 0 Å². The van der Waals surface area contributed by atoms with Crippen LogP contribution in [0, 0.1) is 29.4 Å². The molecule has 0 N–H and O–H groups in total. The summed E-state index contributed by atoms with van der Waals surface area (Å²) < 4.78 is 65.6. The number of hydrogen-bond donors (Lipinski definition) is 0. The molecule has 2 aliphatic rings. The van der Waals surface area contributed by atoms with Crippen LogP contribution in [0.5, 0.6) is 0 Å². The van der Waals surface area contributed by atoms with Crippen molar-refractivity contribution in [1.29, 1.82) is 0 Å². The molecule has 2 fully saturated rings. The average molecular weight is 443 g/mol. The van der Waals surface area contributed by atoms with Gasteiger partial charge in [0.05, 0.1) is 0 Å². The first-order valence-electron chi connectivity index (χ1n) is 12.0. The van der Waals surface area contributed by atoms with Crippen LogP contribution in [-0.4, -0.2) is 6.18 Å². The fraction of sp³-hybridized carbons (Fsp3) is 0.692. The summed E-state index contributed by atoms with van der Waals surface area (Å²) in [5.41, 5.74) is -0.0392. The van der Waals surface area contributed by atoms with E-state index in [1.807, 2.05) is 0 Å². The molecule has 0 spiro atoms. The zero-order valence-electron chi connectivity index (χ0n) is 18.5. The van der Waals surface area contributed by atoms with E-state index >= 15 is 0 Å². The third-order valence-corrected chi connectivity index (χ3v) is 7.56. The number of benzene rings is 1. The van der Waals surface area contributed by atoms with Crippen LogP contribution in [0.1, 0.15) is 101 Å². The van der Waals surface area contributed by atoms with E-state index in [2.05, 4.69) is 6.92 Å². The van der Waals surface area contributed by atoms with Crippen molar-refractivity contribution in [1.82, 2.24) is 0 Å². The van der Waals surface area contributed by atoms with Gasteiger partial charge in [0.1, 0.15) is 11.6 Å². The molecule has 5 heteroatoms. The van der Waals surface area contributed by atoms with E-state index in [1.54, 1.807) is 0 Å². The van der Waals surface area contributed by atoms with Crippen LogP contribution < -0.4 is 0 Å². The van der Waals surface area contributed by atoms with Crippen molar-refractivity contribution in [3.8, 4) is 0 Å². The van der Waals surface area contributed by atoms with Crippen LogP contribution in [0.25, 0.3) is 6.08 Å². The zero-order chi connectivity index (χ0) is 22.4. The average Bonchev–Trinajstić information content (AvgIpc) is 2.73. The Kier molecular flexibility index (Phi) is 8.58. The highest BCUT2D eigenvalue weighted by Gasteiger charge is 2.31. The van der Waals surface area contributed by atoms with Crippen LogP contribution >= 0.6 is 0 Å². The number of alkyl halides is 3. The smallest absolute Gasteiger partial charge is 0.206 e. The molecular weight excluding hydrogens is 407 g/mol. The lowest BCUT2D eigenvalue weighted by molar-refractivity contribution is -0.0790. The van der Waals surface area contributed by atoms with Gasteiger partial charge in [0.25, 0.3) is 0 Å². The van der Waals surface area contributed by atoms with E-state index in [0.29, 0.717) is 17.6 Å². The molecule has 0 heterocycles. The predicted octanol–water partition coefficient (Wildman–Crippen LogP) is 9.20. The van der Waals surface area contributed by atoms with Crippen LogP contribution in [-0.2, 0) is 0 Å². The minimum atomic E-state index is -4.59. The van der Waals surface area contributed by atoms with Crippen LogP contribution in [0.15, 0.2) is 18.2 Å². The Hall–Kier alpha value is -1.39. The van der Waals surface area contributed by atoms with Gasteiger partial charge in [0.2, 0.25) is 0 Å². The highest BCUT2D eigenvalue weighted by atomic mass is 19.4. The van der Waals surface area contributed by atoms with Crippen molar-refractivity contribution in [3.63, 3.8) is 0 Å². The molecule has 0 amide bonds. The zero-order valence-corrected chi connectivity index (χ0v) is 18.5. The highest BCUT2D eigenvalue weighted by Crippen LogP contribution is 2.45. The summed E-state index contributed by atoms with van der Waals surface area (Å²) >= 11 is 0. The first-order chi connectivity index (χ1) is 14.8. The Morgan fingerprint density at radius 2 is 1.39 bits per heavy atom. The minimum absolute atomic E-state index is 0.0891. The van der Waals surface area contributed by atoms with Gasteiger partial charge in [-0.15, -0.1) is 0 Å². The maximum absolute atomic E-state index is 14.3. The number of allylic oxidation sites excluding steroid dienone is 1. The molecule has 0 atom stereocenters. The molecule has 0 aliphatic heterocycles. The third-order valence-electron chi connectivity index (χ3n) is 7.56. The number of rotatable bonds is 7. The van der Waals surface area contributed by atoms with Crippen molar-refractivity contribution < 1.29 is 22.0 Å². The van der Waals surface area contributed by atoms with Crippen LogP contribution in [0.2, 0.25) is 0 Å². The van der Waals surface area contributed by atoms with E-state index in [0.717, 1.165) is 37.5 Å². The van der Waals surface area contributed by atoms with Gasteiger partial charge >= 0.3 is 6.18 Å². The molecule has 2 saturated carbocycles. The summed E-state index contributed by atoms with van der Waals surface area (Å²) in [4.78, 5) is 0. The summed E-state index contributed by atoms with van der Waals surface area (Å²) in [6.07, 6.45) is 10.4. The van der Waals surface area contributed by atoms with E-state index in [9.17, 15) is 22.0 Å². The van der Waals surface area contributed by atoms with Gasteiger partial charge in [-0.2, -0.15) is 13.2 Å². The fourth-order valence-corrected chi connectivity index (χ4v) is 5.73. The molecule has 0 nitrogen and oxygen atoms in total. The van der Waals surface area contributed by atoms with E-state index in [-0.39, 0.29) is 12.0 Å². The summed E-state index contributed by atoms with van der Waals surface area (Å²) in [6, 6.07) is 2.46. The second kappa shape index (κ2) is 11.0. The van der Waals surface area contributed by atoms with E-state index < -0.39 is 23.4 Å². The molecule has 1 aromatic rings. The lowest BCUT2D eigenvalue weighted by atomic mass is 9.68. The molecule has 3 rings (SSSR count). The van der Waals surface area contributed by atoms with E-state index in [1.165, 1.54) is 63.5 Å². The quantitative estimate of drug-likeness (QED) is 0.292. The van der Waals surface area contributed by atoms with Gasteiger partial charge in [-0.05, 0) is 86.0 Å². The predicted molar refractivity (Wildman–Crippen MR) is 116 cm³/mol. The topological polar surface area (TPSA) is 0 Å². The number of halogens is 5. The number of unbranched alkanes of at least 4 members (excludes halogenated alkanes) is 2. The van der Waals surface area contributed by atoms with Crippen LogP contribution in [0.3, 0.4) is 0 Å². The monoisotopic (exact) mass is 442 g/mol. The first kappa shape index (κ1) is 24.3. The summed E-state index contributed by atoms with van der Waals surface area (Å²) in [6.45, 7) is 2.25. The Morgan fingerprint density at radius 3 is 1.90 bits per heavy atom. The Morgan fingerprint density at radius 1 is 0.839 bits per heavy atom. The van der Waals surface area contributed by atoms with Crippen molar-refractivity contribution in [2.24, 2.45) is 17.8 Å². The molecule has 0 radical (unpaired) electrons. The second-order valence-corrected chi connectivity index (χ2v) is 9.66. The normalized spacial score (nSPS) is 27.7. The molecule has 0 aromatic heterocycles. The van der Waals surface area contributed by atoms with Gasteiger partial charge in [-0.3, -0.25) is 0 Å². The van der Waals surface area contributed by atoms with Gasteiger partial charge < -0.3 is 0 Å². The minimum Gasteiger partial charge on any atom is -0.206 e. The molecule has 0 bridgehead atoms. The summed E-state index contributed by atoms with van der Waals surface area (Å²) in [7, 11) is 0. The Bertz CT molecular complexity index is 697. The fourth-order valence-electron chi connectivity index (χ4n) is 5.73. The van der Waals surface area contributed by atoms with Crippen LogP contribution in [0.4, 0.5) is 22.0 Å². The molecular formula is C26H35F5. The standard InChI is InChI=1S/C26H35F5/c1-2-3-4-5-18-6-8-19(9-7-18)20-10-12-21(13-11-20)22-16-24(27)23(25(28)17-22)14-15-26(29,30)31/h14-21H,2-13H2,1H3/b15-14+. The van der Waals surface area contributed by atoms with Crippen molar-refractivity contribution >= 4 is 6.08 Å². The molecule has 2 aliphatic carbocycles. The van der Waals surface area contributed by atoms with Gasteiger partial charge in [0, 0.05) is 11.6 Å². The highest BCUT2D eigenvalue weighted by molar-refractivity contribution is 5.52. The molecule has 174 valence electrons. The van der Waals surface area contributed by atoms with Crippen molar-refractivity contribution in [2.45, 2.75) is 96.1 Å². The lowest BCUT2D eigenvalue weighted by Gasteiger charge is -2.38. The molecule has 31 heavy (non-hydrogen) atoms. The third kappa shape index (κ3) is 7.05. The van der Waals surface area contributed by atoms with Gasteiger partial charge in [0.15, 0.2) is 0 Å². The number of hydrogen-bond acceptors (Lipinski definition) is 0. The lowest BCUT2D eigenvalue weighted by Crippen LogP contribution is -2.25. The van der Waals surface area contributed by atoms with Gasteiger partial charge in [-0.25, -0.2) is 8.78 Å². The maximum Gasteiger partial charge on any atom is 0.409 e. The Balaban J connectivity index is 1.51. The summed E-state index contributed by atoms with van der Waals surface area (Å²) in [5, 5.41) is 0. The molecule has 0 saturated heterocycles. The second-order valence-electron chi connectivity index (χ2n) is 9.66. The van der Waals surface area contributed by atoms with Gasteiger partial charge in [-0.1, -0.05) is 45.4 Å². The Labute approximate surface area is 183 Å².